The van der Waals surface area contributed by atoms with Crippen LogP contribution in [0.3, 0.4) is 0 Å². The number of hydrogen-bond acceptors (Lipinski definition) is 5. The second kappa shape index (κ2) is 10.1. The Bertz CT molecular complexity index is 889. The molecule has 0 radical (unpaired) electrons. The van der Waals surface area contributed by atoms with Gasteiger partial charge in [-0.1, -0.05) is 54.0 Å². The number of hydrogen-bond donors (Lipinski definition) is 1. The summed E-state index contributed by atoms with van der Waals surface area (Å²) in [6.07, 6.45) is 1.78. The molecule has 3 aromatic rings. The minimum Gasteiger partial charge on any atom is -0.355 e. The quantitative estimate of drug-likeness (QED) is 0.428. The highest BCUT2D eigenvalue weighted by atomic mass is 32.2. The van der Waals surface area contributed by atoms with Crippen molar-refractivity contribution in [1.29, 1.82) is 0 Å². The van der Waals surface area contributed by atoms with Gasteiger partial charge in [0, 0.05) is 35.6 Å². The Hall–Kier alpha value is -2.60. The fraction of sp³-hybridized carbons (Fsp3) is 0.318. The van der Waals surface area contributed by atoms with E-state index in [1.54, 1.807) is 11.8 Å². The van der Waals surface area contributed by atoms with Gasteiger partial charge >= 0.3 is 0 Å². The lowest BCUT2D eigenvalue weighted by molar-refractivity contribution is -0.121. The Morgan fingerprint density at radius 3 is 2.57 bits per heavy atom. The fourth-order valence-electron chi connectivity index (χ4n) is 2.67. The Morgan fingerprint density at radius 2 is 1.86 bits per heavy atom. The molecule has 0 aliphatic carbocycles. The molecule has 28 heavy (non-hydrogen) atoms. The lowest BCUT2D eigenvalue weighted by Gasteiger charge is -2.04. The van der Waals surface area contributed by atoms with E-state index in [9.17, 15) is 4.79 Å². The molecule has 0 saturated carbocycles. The highest BCUT2D eigenvalue weighted by Gasteiger charge is 2.10. The summed E-state index contributed by atoms with van der Waals surface area (Å²) in [6.45, 7) is 4.83. The standard InChI is InChI=1S/C22H25N3O2S/c1-3-17-6-8-18(9-7-17)22-24-21(27-25-22)13-12-20(26)23-14-15-28-19-10-4-16(2)5-11-19/h4-11H,3,12-15H2,1-2H3,(H,23,26). The van der Waals surface area contributed by atoms with E-state index in [0.29, 0.717) is 31.1 Å². The predicted molar refractivity (Wildman–Crippen MR) is 112 cm³/mol. The maximum absolute atomic E-state index is 12.0. The van der Waals surface area contributed by atoms with Gasteiger partial charge in [0.1, 0.15) is 0 Å². The van der Waals surface area contributed by atoms with Crippen LogP contribution < -0.4 is 5.32 Å². The van der Waals surface area contributed by atoms with Crippen LogP contribution in [-0.4, -0.2) is 28.3 Å². The van der Waals surface area contributed by atoms with Crippen LogP contribution in [0.15, 0.2) is 57.9 Å². The molecule has 1 N–H and O–H groups in total. The third-order valence-electron chi connectivity index (χ3n) is 4.37. The van der Waals surface area contributed by atoms with E-state index < -0.39 is 0 Å². The van der Waals surface area contributed by atoms with Gasteiger partial charge in [0.05, 0.1) is 0 Å². The summed E-state index contributed by atoms with van der Waals surface area (Å²) in [5.74, 6) is 1.88. The van der Waals surface area contributed by atoms with Gasteiger partial charge in [0.2, 0.25) is 17.6 Å². The van der Waals surface area contributed by atoms with Gasteiger partial charge in [0.25, 0.3) is 0 Å². The number of carbonyl (C=O) groups is 1. The first-order valence-electron chi connectivity index (χ1n) is 9.52. The number of benzene rings is 2. The first kappa shape index (κ1) is 20.1. The van der Waals surface area contributed by atoms with Gasteiger partial charge in [-0.15, -0.1) is 11.8 Å². The molecule has 0 atom stereocenters. The minimum atomic E-state index is -0.00319. The zero-order valence-electron chi connectivity index (χ0n) is 16.3. The van der Waals surface area contributed by atoms with Gasteiger partial charge in [0.15, 0.2) is 0 Å². The number of nitrogens with one attached hydrogen (secondary N) is 1. The lowest BCUT2D eigenvalue weighted by Crippen LogP contribution is -2.25. The zero-order valence-corrected chi connectivity index (χ0v) is 17.1. The number of aryl methyl sites for hydroxylation is 3. The molecule has 1 heterocycles. The second-order valence-corrected chi connectivity index (χ2v) is 7.74. The molecule has 5 nitrogen and oxygen atoms in total. The summed E-state index contributed by atoms with van der Waals surface area (Å²) in [5.41, 5.74) is 3.44. The molecule has 0 spiro atoms. The van der Waals surface area contributed by atoms with E-state index >= 15 is 0 Å². The molecule has 0 saturated heterocycles. The van der Waals surface area contributed by atoms with Gasteiger partial charge in [-0.3, -0.25) is 4.79 Å². The molecule has 0 aliphatic rings. The van der Waals surface area contributed by atoms with Crippen LogP contribution in [-0.2, 0) is 17.6 Å². The molecule has 1 aromatic heterocycles. The average Bonchev–Trinajstić information content (AvgIpc) is 3.20. The largest absolute Gasteiger partial charge is 0.355 e. The van der Waals surface area contributed by atoms with Crippen molar-refractivity contribution >= 4 is 17.7 Å². The third-order valence-corrected chi connectivity index (χ3v) is 5.38. The molecule has 146 valence electrons. The normalized spacial score (nSPS) is 10.8. The smallest absolute Gasteiger partial charge is 0.227 e. The van der Waals surface area contributed by atoms with Crippen LogP contribution >= 0.6 is 11.8 Å². The van der Waals surface area contributed by atoms with E-state index in [-0.39, 0.29) is 5.91 Å². The van der Waals surface area contributed by atoms with Crippen molar-refractivity contribution < 1.29 is 9.32 Å². The second-order valence-electron chi connectivity index (χ2n) is 6.57. The number of amides is 1. The van der Waals surface area contributed by atoms with Crippen LogP contribution in [0.5, 0.6) is 0 Å². The molecular formula is C22H25N3O2S. The Labute approximate surface area is 169 Å². The minimum absolute atomic E-state index is 0.00319. The van der Waals surface area contributed by atoms with Gasteiger partial charge in [-0.2, -0.15) is 4.98 Å². The summed E-state index contributed by atoms with van der Waals surface area (Å²) < 4.78 is 5.27. The molecule has 2 aromatic carbocycles. The summed E-state index contributed by atoms with van der Waals surface area (Å²) in [5, 5.41) is 6.95. The zero-order chi connectivity index (χ0) is 19.8. The monoisotopic (exact) mass is 395 g/mol. The van der Waals surface area contributed by atoms with Gasteiger partial charge < -0.3 is 9.84 Å². The Morgan fingerprint density at radius 1 is 1.11 bits per heavy atom. The van der Waals surface area contributed by atoms with Crippen LogP contribution in [0, 0.1) is 6.92 Å². The first-order chi connectivity index (χ1) is 13.6. The van der Waals surface area contributed by atoms with Crippen LogP contribution in [0.2, 0.25) is 0 Å². The van der Waals surface area contributed by atoms with E-state index in [4.69, 9.17) is 4.52 Å². The van der Waals surface area contributed by atoms with Crippen molar-refractivity contribution in [2.24, 2.45) is 0 Å². The van der Waals surface area contributed by atoms with Crippen molar-refractivity contribution in [3.8, 4) is 11.4 Å². The highest BCUT2D eigenvalue weighted by molar-refractivity contribution is 7.99. The molecule has 0 fully saturated rings. The number of thioether (sulfide) groups is 1. The maximum Gasteiger partial charge on any atom is 0.227 e. The number of aromatic nitrogens is 2. The third kappa shape index (κ3) is 5.96. The molecule has 6 heteroatoms. The Balaban J connectivity index is 1.38. The van der Waals surface area contributed by atoms with E-state index in [1.807, 2.05) is 12.1 Å². The van der Waals surface area contributed by atoms with E-state index in [1.165, 1.54) is 16.0 Å². The average molecular weight is 396 g/mol. The van der Waals surface area contributed by atoms with Crippen LogP contribution in [0.25, 0.3) is 11.4 Å². The summed E-state index contributed by atoms with van der Waals surface area (Å²) in [7, 11) is 0. The number of rotatable bonds is 9. The SMILES string of the molecule is CCc1ccc(-c2noc(CCC(=O)NCCSc3ccc(C)cc3)n2)cc1. The molecule has 3 rings (SSSR count). The summed E-state index contributed by atoms with van der Waals surface area (Å²) in [6, 6.07) is 16.5. The van der Waals surface area contributed by atoms with E-state index in [0.717, 1.165) is 17.7 Å². The van der Waals surface area contributed by atoms with Crippen molar-refractivity contribution in [3.63, 3.8) is 0 Å². The predicted octanol–water partition coefficient (Wildman–Crippen LogP) is 4.45. The van der Waals surface area contributed by atoms with Crippen LogP contribution in [0.1, 0.15) is 30.4 Å². The van der Waals surface area contributed by atoms with Gasteiger partial charge in [-0.25, -0.2) is 0 Å². The van der Waals surface area contributed by atoms with Crippen molar-refractivity contribution in [1.82, 2.24) is 15.5 Å². The molecular weight excluding hydrogens is 370 g/mol. The van der Waals surface area contributed by atoms with E-state index in [2.05, 4.69) is 65.7 Å². The summed E-state index contributed by atoms with van der Waals surface area (Å²) in [4.78, 5) is 17.6. The molecule has 1 amide bonds. The van der Waals surface area contributed by atoms with Crippen molar-refractivity contribution in [3.05, 3.63) is 65.5 Å². The van der Waals surface area contributed by atoms with Crippen molar-refractivity contribution in [2.45, 2.75) is 38.0 Å². The fourth-order valence-corrected chi connectivity index (χ4v) is 3.43. The Kier molecular flexibility index (Phi) is 7.25. The first-order valence-corrected chi connectivity index (χ1v) is 10.5. The van der Waals surface area contributed by atoms with Crippen molar-refractivity contribution in [2.75, 3.05) is 12.3 Å². The molecule has 0 bridgehead atoms. The summed E-state index contributed by atoms with van der Waals surface area (Å²) >= 11 is 1.73. The topological polar surface area (TPSA) is 68.0 Å². The molecule has 0 aliphatic heterocycles. The maximum atomic E-state index is 12.0. The number of nitrogens with zero attached hydrogens (tertiary/aromatic N) is 2. The lowest BCUT2D eigenvalue weighted by atomic mass is 10.1. The van der Waals surface area contributed by atoms with Gasteiger partial charge in [-0.05, 0) is 31.0 Å². The number of carbonyl (C=O) groups excluding carboxylic acids is 1. The van der Waals surface area contributed by atoms with Crippen LogP contribution in [0.4, 0.5) is 0 Å². The molecule has 0 unspecified atom stereocenters. The highest BCUT2D eigenvalue weighted by Crippen LogP contribution is 2.18.